The molecule has 1 aromatic heterocycles. The molecule has 10 radical (unpaired) electrons. The number of aromatic nitrogens is 1. The molecule has 2 fully saturated rings. The van der Waals surface area contributed by atoms with Crippen LogP contribution in [0.25, 0.3) is 23.0 Å². The van der Waals surface area contributed by atoms with Crippen LogP contribution in [0.4, 0.5) is 0 Å². The molecular formula is C42H36FeN2O+2. The minimum absolute atomic E-state index is 0. The van der Waals surface area contributed by atoms with E-state index in [2.05, 4.69) is 93.4 Å². The first-order chi connectivity index (χ1) is 21.9. The van der Waals surface area contributed by atoms with Crippen molar-refractivity contribution in [1.82, 2.24) is 4.98 Å². The molecule has 0 spiro atoms. The molecule has 226 valence electrons. The van der Waals surface area contributed by atoms with Crippen molar-refractivity contribution in [3.8, 4) is 11.3 Å². The van der Waals surface area contributed by atoms with Crippen LogP contribution in [-0.4, -0.2) is 16.5 Å². The smallest absolute Gasteiger partial charge is 0.354 e. The van der Waals surface area contributed by atoms with Gasteiger partial charge < -0.3 is 4.98 Å². The molecule has 0 atom stereocenters. The third-order valence-electron chi connectivity index (χ3n) is 8.90. The fourth-order valence-corrected chi connectivity index (χ4v) is 6.95. The summed E-state index contributed by atoms with van der Waals surface area (Å²) in [5.41, 5.74) is 16.5. The van der Waals surface area contributed by atoms with Crippen LogP contribution in [0.15, 0.2) is 59.6 Å². The van der Waals surface area contributed by atoms with E-state index in [0.717, 1.165) is 63.8 Å². The van der Waals surface area contributed by atoms with Gasteiger partial charge in [-0.3, -0.25) is 4.79 Å². The molecule has 3 nitrogen and oxygen atoms in total. The first-order valence-electron chi connectivity index (χ1n) is 15.6. The molecule has 0 bridgehead atoms. The number of benzene rings is 3. The summed E-state index contributed by atoms with van der Waals surface area (Å²) in [7, 11) is 0. The van der Waals surface area contributed by atoms with E-state index in [4.69, 9.17) is 4.99 Å². The van der Waals surface area contributed by atoms with Crippen molar-refractivity contribution in [2.75, 3.05) is 0 Å². The van der Waals surface area contributed by atoms with Crippen LogP contribution in [0.3, 0.4) is 0 Å². The third-order valence-corrected chi connectivity index (χ3v) is 8.90. The second kappa shape index (κ2) is 13.7. The molecule has 46 heavy (non-hydrogen) atoms. The Balaban J connectivity index is 0.000000567. The van der Waals surface area contributed by atoms with Gasteiger partial charge in [-0.25, -0.2) is 4.99 Å². The minimum atomic E-state index is 0. The number of fused-ring (bicyclic) bond motifs is 4. The Morgan fingerprint density at radius 3 is 2.11 bits per heavy atom. The van der Waals surface area contributed by atoms with Crippen LogP contribution >= 0.6 is 0 Å². The summed E-state index contributed by atoms with van der Waals surface area (Å²) in [6.07, 6.45) is 21.5. The van der Waals surface area contributed by atoms with E-state index >= 15 is 0 Å². The monoisotopic (exact) mass is 640 g/mol. The fraction of sp³-hybridized carbons (Fsp3) is 0.143. The van der Waals surface area contributed by atoms with Gasteiger partial charge >= 0.3 is 17.1 Å². The first kappa shape index (κ1) is 32.5. The van der Waals surface area contributed by atoms with Crippen molar-refractivity contribution in [1.29, 1.82) is 0 Å². The Hall–Kier alpha value is -3.46. The van der Waals surface area contributed by atoms with Crippen LogP contribution in [0.2, 0.25) is 0 Å². The summed E-state index contributed by atoms with van der Waals surface area (Å²) in [6.45, 7) is 8.60. The van der Waals surface area contributed by atoms with E-state index in [1.807, 2.05) is 57.8 Å². The molecule has 3 aromatic carbocycles. The van der Waals surface area contributed by atoms with Crippen molar-refractivity contribution < 1.29 is 21.9 Å². The predicted octanol–water partition coefficient (Wildman–Crippen LogP) is 8.97. The Morgan fingerprint density at radius 1 is 0.739 bits per heavy atom. The minimum Gasteiger partial charge on any atom is -0.354 e. The van der Waals surface area contributed by atoms with Gasteiger partial charge in [-0.15, -0.1) is 0 Å². The van der Waals surface area contributed by atoms with Gasteiger partial charge in [0, 0.05) is 27.8 Å². The molecule has 2 saturated carbocycles. The number of nitrogens with one attached hydrogen (secondary N) is 1. The number of ketones is 1. The first-order valence-corrected chi connectivity index (χ1v) is 15.6. The van der Waals surface area contributed by atoms with Crippen molar-refractivity contribution in [2.24, 2.45) is 4.99 Å². The molecule has 0 saturated heterocycles. The van der Waals surface area contributed by atoms with E-state index < -0.39 is 0 Å². The number of aliphatic imine (C=N–C) groups is 1. The summed E-state index contributed by atoms with van der Waals surface area (Å²) in [5.74, 6) is 0.781. The van der Waals surface area contributed by atoms with Crippen LogP contribution < -0.4 is 0 Å². The average molecular weight is 641 g/mol. The zero-order chi connectivity index (χ0) is 31.1. The number of nitrogens with zero attached hydrogens (tertiary/aromatic N) is 1. The van der Waals surface area contributed by atoms with Crippen LogP contribution in [0, 0.1) is 91.4 Å². The van der Waals surface area contributed by atoms with Gasteiger partial charge in [-0.05, 0) is 133 Å². The summed E-state index contributed by atoms with van der Waals surface area (Å²) in [6, 6.07) is 19.5. The maximum atomic E-state index is 14.0. The zero-order valence-electron chi connectivity index (χ0n) is 26.6. The van der Waals surface area contributed by atoms with Gasteiger partial charge in [-0.1, -0.05) is 59.7 Å². The van der Waals surface area contributed by atoms with E-state index in [0.29, 0.717) is 0 Å². The van der Waals surface area contributed by atoms with Crippen LogP contribution in [0.1, 0.15) is 66.1 Å². The Labute approximate surface area is 285 Å². The summed E-state index contributed by atoms with van der Waals surface area (Å²) in [5, 5.41) is 0. The summed E-state index contributed by atoms with van der Waals surface area (Å²) < 4.78 is 0. The molecule has 4 heteroatoms. The van der Waals surface area contributed by atoms with Gasteiger partial charge in [0.15, 0.2) is 5.78 Å². The molecular weight excluding hydrogens is 604 g/mol. The molecule has 3 aliphatic carbocycles. The second-order valence-electron chi connectivity index (χ2n) is 12.2. The van der Waals surface area contributed by atoms with Gasteiger partial charge in [0.05, 0.1) is 28.7 Å². The van der Waals surface area contributed by atoms with E-state index in [1.54, 1.807) is 0 Å². The molecule has 1 N–H and O–H groups in total. The molecule has 8 rings (SSSR count). The molecule has 4 aliphatic rings. The van der Waals surface area contributed by atoms with Gasteiger partial charge in [0.25, 0.3) is 0 Å². The van der Waals surface area contributed by atoms with E-state index in [-0.39, 0.29) is 22.9 Å². The number of rotatable bonds is 4. The van der Waals surface area contributed by atoms with Crippen LogP contribution in [-0.2, 0) is 29.9 Å². The van der Waals surface area contributed by atoms with E-state index in [9.17, 15) is 4.79 Å². The zero-order valence-corrected chi connectivity index (χ0v) is 27.7. The Bertz CT molecular complexity index is 1810. The van der Waals surface area contributed by atoms with Gasteiger partial charge in [0.1, 0.15) is 0 Å². The number of hydrogen-bond acceptors (Lipinski definition) is 2. The number of carbonyl (C=O) groups is 1. The largest absolute Gasteiger partial charge is 2.00 e. The second-order valence-corrected chi connectivity index (χ2v) is 12.2. The van der Waals surface area contributed by atoms with Crippen molar-refractivity contribution in [2.45, 2.75) is 40.5 Å². The number of carbonyl (C=O) groups excluding carboxylic acids is 1. The van der Waals surface area contributed by atoms with Crippen molar-refractivity contribution >= 4 is 23.3 Å². The van der Waals surface area contributed by atoms with Crippen LogP contribution in [0.5, 0.6) is 0 Å². The number of Topliss-reactive ketones (excluding diaryl/α,β-unsaturated/α-hetero) is 1. The van der Waals surface area contributed by atoms with Crippen molar-refractivity contribution in [3.05, 3.63) is 180 Å². The standard InChI is InChI=1S/C37H31N2O.C5H5.Fe/c1-21-13-15-28-30(19-21)36(33-23(3)17-22(2)18-24(33)4)38-31(28)20-32-34(37(40)26-10-5-6-11-26)29-16-14-25-9-7-8-12-27(25)35(29)39-32;1-2-4-5-3-1;/h5-13,15,17-20,39H,14,16H2,1-4H3;1-5H;/q;;+2/b31-20-;;. The molecule has 1 aliphatic heterocycles. The number of aryl methyl sites for hydroxylation is 5. The van der Waals surface area contributed by atoms with Gasteiger partial charge in [-0.2, -0.15) is 0 Å². The molecule has 2 heterocycles. The molecule has 0 unspecified atom stereocenters. The Morgan fingerprint density at radius 2 is 1.41 bits per heavy atom. The number of hydrogen-bond donors (Lipinski definition) is 1. The van der Waals surface area contributed by atoms with Gasteiger partial charge in [0.2, 0.25) is 0 Å². The maximum Gasteiger partial charge on any atom is 2.00 e. The number of H-pyrrole nitrogens is 1. The fourth-order valence-electron chi connectivity index (χ4n) is 6.95. The quantitative estimate of drug-likeness (QED) is 0.176. The number of aromatic amines is 1. The third kappa shape index (κ3) is 6.15. The molecule has 0 amide bonds. The normalized spacial score (nSPS) is 17.5. The summed E-state index contributed by atoms with van der Waals surface area (Å²) >= 11 is 0. The molecule has 4 aromatic rings. The SMILES string of the molecule is Cc1cc(C)c(C2=N/C(=C\c3[nH]c4c(c3C(=O)[C]3[CH][CH][CH][CH]3)CCc3ccccc3-4)c3ccc(C)cc32)c(C)c1.[CH]1[CH][CH][CH][CH]1.[Fe+2]. The average Bonchev–Trinajstić information content (AvgIpc) is 3.85. The van der Waals surface area contributed by atoms with Crippen molar-refractivity contribution in [3.63, 3.8) is 0 Å². The predicted molar refractivity (Wildman–Crippen MR) is 185 cm³/mol. The maximum absolute atomic E-state index is 14.0. The topological polar surface area (TPSA) is 45.2 Å². The Kier molecular flexibility index (Phi) is 9.69. The summed E-state index contributed by atoms with van der Waals surface area (Å²) in [4.78, 5) is 22.9. The van der Waals surface area contributed by atoms with E-state index in [1.165, 1.54) is 38.9 Å².